The van der Waals surface area contributed by atoms with Crippen LogP contribution in [0, 0.1) is 5.92 Å². The number of benzene rings is 1. The monoisotopic (exact) mass is 367 g/mol. The third-order valence-corrected chi connectivity index (χ3v) is 5.80. The molecule has 0 spiro atoms. The van der Waals surface area contributed by atoms with Crippen LogP contribution in [-0.4, -0.2) is 46.8 Å². The highest BCUT2D eigenvalue weighted by atomic mass is 16.3. The van der Waals surface area contributed by atoms with Gasteiger partial charge in [-0.1, -0.05) is 24.3 Å². The van der Waals surface area contributed by atoms with E-state index in [-0.39, 0.29) is 23.6 Å². The summed E-state index contributed by atoms with van der Waals surface area (Å²) < 4.78 is 5.31. The van der Waals surface area contributed by atoms with Gasteiger partial charge >= 0.3 is 0 Å². The average Bonchev–Trinajstić information content (AvgIpc) is 3.35. The highest BCUT2D eigenvalue weighted by Crippen LogP contribution is 2.29. The van der Waals surface area contributed by atoms with Crippen LogP contribution in [-0.2, 0) is 17.8 Å². The third kappa shape index (κ3) is 3.25. The van der Waals surface area contributed by atoms with Crippen LogP contribution >= 0.6 is 0 Å². The first-order valence-electron chi connectivity index (χ1n) is 9.50. The maximum absolute atomic E-state index is 13.4. The Kier molecular flexibility index (Phi) is 4.74. The second-order valence-corrected chi connectivity index (χ2v) is 7.58. The molecule has 3 heterocycles. The van der Waals surface area contributed by atoms with Crippen molar-refractivity contribution >= 4 is 11.8 Å². The summed E-state index contributed by atoms with van der Waals surface area (Å²) in [5, 5.41) is 0. The van der Waals surface area contributed by atoms with Crippen molar-refractivity contribution in [3.8, 4) is 0 Å². The summed E-state index contributed by atoms with van der Waals surface area (Å²) in [5.74, 6) is 0.360. The number of carbonyl (C=O) groups is 2. The molecule has 2 aliphatic heterocycles. The minimum atomic E-state index is -0.517. The summed E-state index contributed by atoms with van der Waals surface area (Å²) in [5.41, 5.74) is 8.03. The first-order chi connectivity index (χ1) is 13.1. The Morgan fingerprint density at radius 2 is 1.93 bits per heavy atom. The fourth-order valence-corrected chi connectivity index (χ4v) is 4.31. The second-order valence-electron chi connectivity index (χ2n) is 7.58. The van der Waals surface area contributed by atoms with E-state index in [2.05, 4.69) is 6.92 Å². The van der Waals surface area contributed by atoms with Crippen molar-refractivity contribution in [3.63, 3.8) is 0 Å². The highest BCUT2D eigenvalue weighted by molar-refractivity contribution is 5.96. The van der Waals surface area contributed by atoms with Crippen molar-refractivity contribution in [1.29, 1.82) is 0 Å². The molecule has 3 atom stereocenters. The van der Waals surface area contributed by atoms with E-state index in [9.17, 15) is 9.59 Å². The molecule has 0 radical (unpaired) electrons. The molecule has 6 heteroatoms. The molecule has 142 valence electrons. The number of hydrogen-bond donors (Lipinski definition) is 1. The number of nitrogens with two attached hydrogens (primary N) is 1. The molecule has 1 fully saturated rings. The molecule has 6 nitrogen and oxygen atoms in total. The predicted molar refractivity (Wildman–Crippen MR) is 101 cm³/mol. The minimum absolute atomic E-state index is 0.00728. The SMILES string of the molecule is CC1CC(CN)CN1C(=O)C1Cc2ccccc2CN1C(=O)c1ccco1. The van der Waals surface area contributed by atoms with Gasteiger partial charge in [0, 0.05) is 25.6 Å². The average molecular weight is 367 g/mol. The Morgan fingerprint density at radius 3 is 2.59 bits per heavy atom. The van der Waals surface area contributed by atoms with Gasteiger partial charge in [0.2, 0.25) is 5.91 Å². The molecule has 4 rings (SSSR count). The van der Waals surface area contributed by atoms with E-state index in [0.717, 1.165) is 17.5 Å². The molecule has 2 aromatic rings. The van der Waals surface area contributed by atoms with Crippen LogP contribution in [0.1, 0.15) is 35.0 Å². The lowest BCUT2D eigenvalue weighted by atomic mass is 9.92. The van der Waals surface area contributed by atoms with Gasteiger partial charge in [0.25, 0.3) is 5.91 Å². The predicted octanol–water partition coefficient (Wildman–Crippen LogP) is 2.04. The number of rotatable bonds is 3. The van der Waals surface area contributed by atoms with E-state index >= 15 is 0 Å². The molecule has 2 aliphatic rings. The van der Waals surface area contributed by atoms with Gasteiger partial charge in [-0.05, 0) is 49.1 Å². The lowest BCUT2D eigenvalue weighted by Gasteiger charge is -2.38. The first kappa shape index (κ1) is 17.8. The molecular formula is C21H25N3O3. The van der Waals surface area contributed by atoms with E-state index < -0.39 is 6.04 Å². The van der Waals surface area contributed by atoms with Gasteiger partial charge in [0.15, 0.2) is 5.76 Å². The molecule has 1 aromatic carbocycles. The molecule has 1 saturated heterocycles. The Bertz CT molecular complexity index is 833. The maximum Gasteiger partial charge on any atom is 0.290 e. The summed E-state index contributed by atoms with van der Waals surface area (Å²) in [6.45, 7) is 3.71. The minimum Gasteiger partial charge on any atom is -0.459 e. The number of carbonyl (C=O) groups excluding carboxylic acids is 2. The van der Waals surface area contributed by atoms with Gasteiger partial charge in [-0.2, -0.15) is 0 Å². The van der Waals surface area contributed by atoms with E-state index in [1.54, 1.807) is 17.0 Å². The smallest absolute Gasteiger partial charge is 0.290 e. The van der Waals surface area contributed by atoms with Crippen molar-refractivity contribution < 1.29 is 14.0 Å². The summed E-state index contributed by atoms with van der Waals surface area (Å²) in [6, 6.07) is 11.0. The van der Waals surface area contributed by atoms with Crippen LogP contribution in [0.2, 0.25) is 0 Å². The summed E-state index contributed by atoms with van der Waals surface area (Å²) in [6.07, 6.45) is 2.92. The summed E-state index contributed by atoms with van der Waals surface area (Å²) >= 11 is 0. The third-order valence-electron chi connectivity index (χ3n) is 5.80. The van der Waals surface area contributed by atoms with E-state index in [1.165, 1.54) is 6.26 Å². The zero-order valence-corrected chi connectivity index (χ0v) is 15.5. The molecule has 0 bridgehead atoms. The van der Waals surface area contributed by atoms with Crippen molar-refractivity contribution in [2.45, 2.75) is 38.4 Å². The summed E-state index contributed by atoms with van der Waals surface area (Å²) in [7, 11) is 0. The maximum atomic E-state index is 13.4. The molecule has 3 unspecified atom stereocenters. The lowest BCUT2D eigenvalue weighted by Crippen LogP contribution is -2.54. The molecule has 27 heavy (non-hydrogen) atoms. The largest absolute Gasteiger partial charge is 0.459 e. The number of likely N-dealkylation sites (tertiary alicyclic amines) is 1. The van der Waals surface area contributed by atoms with Crippen LogP contribution < -0.4 is 5.73 Å². The van der Waals surface area contributed by atoms with Crippen LogP contribution in [0.15, 0.2) is 47.1 Å². The van der Waals surface area contributed by atoms with Crippen molar-refractivity contribution in [3.05, 3.63) is 59.5 Å². The van der Waals surface area contributed by atoms with Gasteiger partial charge < -0.3 is 20.0 Å². The van der Waals surface area contributed by atoms with Gasteiger partial charge in [-0.15, -0.1) is 0 Å². The Labute approximate surface area is 158 Å². The zero-order valence-electron chi connectivity index (χ0n) is 15.5. The highest BCUT2D eigenvalue weighted by Gasteiger charge is 2.41. The van der Waals surface area contributed by atoms with Crippen molar-refractivity contribution in [2.24, 2.45) is 11.7 Å². The fraction of sp³-hybridized carbons (Fsp3) is 0.429. The van der Waals surface area contributed by atoms with E-state index in [1.807, 2.05) is 29.2 Å². The van der Waals surface area contributed by atoms with Gasteiger partial charge in [-0.25, -0.2) is 0 Å². The fourth-order valence-electron chi connectivity index (χ4n) is 4.31. The topological polar surface area (TPSA) is 79.8 Å². The van der Waals surface area contributed by atoms with Gasteiger partial charge in [0.05, 0.1) is 6.26 Å². The number of nitrogens with zero attached hydrogens (tertiary/aromatic N) is 2. The first-order valence-corrected chi connectivity index (χ1v) is 9.50. The quantitative estimate of drug-likeness (QED) is 0.900. The number of hydrogen-bond acceptors (Lipinski definition) is 4. The standard InChI is InChI=1S/C21H25N3O3/c1-14-9-15(11-22)12-23(14)20(25)18-10-16-5-2-3-6-17(16)13-24(18)21(26)19-7-4-8-27-19/h2-8,14-15,18H,9-13,22H2,1H3. The Balaban J connectivity index is 1.65. The Morgan fingerprint density at radius 1 is 1.15 bits per heavy atom. The molecule has 0 aliphatic carbocycles. The van der Waals surface area contributed by atoms with Crippen molar-refractivity contribution in [1.82, 2.24) is 9.80 Å². The summed E-state index contributed by atoms with van der Waals surface area (Å²) in [4.78, 5) is 30.0. The Hall–Kier alpha value is -2.60. The van der Waals surface area contributed by atoms with Crippen LogP contribution in [0.25, 0.3) is 0 Å². The van der Waals surface area contributed by atoms with Crippen molar-refractivity contribution in [2.75, 3.05) is 13.1 Å². The lowest BCUT2D eigenvalue weighted by molar-refractivity contribution is -0.137. The normalized spacial score (nSPS) is 24.7. The number of furan rings is 1. The zero-order chi connectivity index (χ0) is 19.0. The molecule has 1 aromatic heterocycles. The number of amides is 2. The van der Waals surface area contributed by atoms with Gasteiger partial charge in [-0.3, -0.25) is 9.59 Å². The van der Waals surface area contributed by atoms with Crippen LogP contribution in [0.5, 0.6) is 0 Å². The van der Waals surface area contributed by atoms with Crippen LogP contribution in [0.3, 0.4) is 0 Å². The molecule has 2 N–H and O–H groups in total. The molecular weight excluding hydrogens is 342 g/mol. The molecule has 2 amide bonds. The van der Waals surface area contributed by atoms with Gasteiger partial charge in [0.1, 0.15) is 6.04 Å². The molecule has 0 saturated carbocycles. The van der Waals surface area contributed by atoms with E-state index in [4.69, 9.17) is 10.2 Å². The van der Waals surface area contributed by atoms with E-state index in [0.29, 0.717) is 32.0 Å². The number of fused-ring (bicyclic) bond motifs is 1. The van der Waals surface area contributed by atoms with Crippen LogP contribution in [0.4, 0.5) is 0 Å². The second kappa shape index (κ2) is 7.19.